The summed E-state index contributed by atoms with van der Waals surface area (Å²) < 4.78 is 21.6. The van der Waals surface area contributed by atoms with E-state index in [0.717, 1.165) is 41.9 Å². The summed E-state index contributed by atoms with van der Waals surface area (Å²) >= 11 is 0. The molecule has 8 nitrogen and oxygen atoms in total. The molecular formula is C27H34FN5O3. The summed E-state index contributed by atoms with van der Waals surface area (Å²) in [6.07, 6.45) is 5.20. The van der Waals surface area contributed by atoms with Crippen LogP contribution in [0.15, 0.2) is 36.5 Å². The molecule has 0 aliphatic carbocycles. The van der Waals surface area contributed by atoms with Crippen LogP contribution in [0.3, 0.4) is 0 Å². The van der Waals surface area contributed by atoms with Crippen LogP contribution in [-0.2, 0) is 22.6 Å². The van der Waals surface area contributed by atoms with Gasteiger partial charge in [-0.15, -0.1) is 0 Å². The van der Waals surface area contributed by atoms with E-state index in [1.807, 2.05) is 30.2 Å². The minimum atomic E-state index is -0.327. The summed E-state index contributed by atoms with van der Waals surface area (Å²) in [5, 5.41) is 15.3. The monoisotopic (exact) mass is 495 g/mol. The number of piperidine rings is 1. The number of rotatable bonds is 8. The number of hydrogen-bond acceptors (Lipinski definition) is 6. The molecule has 0 spiro atoms. The fourth-order valence-electron chi connectivity index (χ4n) is 5.09. The summed E-state index contributed by atoms with van der Waals surface area (Å²) in [5.41, 5.74) is 2.44. The Morgan fingerprint density at radius 1 is 1.22 bits per heavy atom. The lowest BCUT2D eigenvalue weighted by molar-refractivity contribution is -0.133. The van der Waals surface area contributed by atoms with Gasteiger partial charge in [-0.05, 0) is 56.9 Å². The van der Waals surface area contributed by atoms with Crippen LogP contribution in [-0.4, -0.2) is 69.1 Å². The first-order chi connectivity index (χ1) is 17.4. The molecule has 2 aliphatic heterocycles. The molecule has 192 valence electrons. The van der Waals surface area contributed by atoms with Gasteiger partial charge in [0.05, 0.1) is 23.4 Å². The average Bonchev–Trinajstić information content (AvgIpc) is 3.54. The highest BCUT2D eigenvalue weighted by Crippen LogP contribution is 2.29. The Morgan fingerprint density at radius 3 is 2.78 bits per heavy atom. The predicted octanol–water partition coefficient (Wildman–Crippen LogP) is 3.44. The van der Waals surface area contributed by atoms with E-state index in [0.29, 0.717) is 57.5 Å². The Bertz CT molecular complexity index is 1200. The van der Waals surface area contributed by atoms with Gasteiger partial charge in [0, 0.05) is 69.0 Å². The van der Waals surface area contributed by atoms with Crippen LogP contribution in [0, 0.1) is 12.7 Å². The van der Waals surface area contributed by atoms with E-state index in [1.54, 1.807) is 10.7 Å². The Hall–Kier alpha value is -3.04. The van der Waals surface area contributed by atoms with Crippen LogP contribution in [0.1, 0.15) is 43.4 Å². The fourth-order valence-corrected chi connectivity index (χ4v) is 5.09. The lowest BCUT2D eigenvalue weighted by Gasteiger charge is -2.33. The molecular weight excluding hydrogens is 461 g/mol. The molecule has 0 bridgehead atoms. The van der Waals surface area contributed by atoms with Gasteiger partial charge in [0.2, 0.25) is 5.91 Å². The molecule has 1 atom stereocenters. The number of amides is 1. The van der Waals surface area contributed by atoms with Gasteiger partial charge in [-0.25, -0.2) is 9.37 Å². The molecule has 2 aromatic heterocycles. The molecule has 4 heterocycles. The van der Waals surface area contributed by atoms with Gasteiger partial charge in [-0.2, -0.15) is 5.10 Å². The number of halogens is 1. The zero-order valence-electron chi connectivity index (χ0n) is 20.8. The minimum absolute atomic E-state index is 0.0250. The van der Waals surface area contributed by atoms with E-state index >= 15 is 0 Å². The van der Waals surface area contributed by atoms with Crippen molar-refractivity contribution < 1.29 is 19.0 Å². The SMILES string of the molecule is Cc1ccn(CCC(=O)N(Cc2cc3ccc(F)cc3nc2N2CCC(O)CC2)CC2CCCO2)n1. The summed E-state index contributed by atoms with van der Waals surface area (Å²) in [6, 6.07) is 8.57. The number of benzene rings is 1. The summed E-state index contributed by atoms with van der Waals surface area (Å²) in [4.78, 5) is 22.3. The smallest absolute Gasteiger partial charge is 0.224 e. The molecule has 5 rings (SSSR count). The predicted molar refractivity (Wildman–Crippen MR) is 135 cm³/mol. The largest absolute Gasteiger partial charge is 0.393 e. The number of pyridine rings is 1. The van der Waals surface area contributed by atoms with E-state index in [9.17, 15) is 14.3 Å². The second-order valence-electron chi connectivity index (χ2n) is 9.91. The molecule has 36 heavy (non-hydrogen) atoms. The van der Waals surface area contributed by atoms with Gasteiger partial charge in [0.15, 0.2) is 0 Å². The maximum Gasteiger partial charge on any atom is 0.224 e. The highest BCUT2D eigenvalue weighted by Gasteiger charge is 2.26. The Morgan fingerprint density at radius 2 is 2.06 bits per heavy atom. The van der Waals surface area contributed by atoms with Gasteiger partial charge in [-0.3, -0.25) is 9.48 Å². The molecule has 2 fully saturated rings. The molecule has 0 radical (unpaired) electrons. The first-order valence-corrected chi connectivity index (χ1v) is 12.9. The first-order valence-electron chi connectivity index (χ1n) is 12.9. The third-order valence-electron chi connectivity index (χ3n) is 7.09. The summed E-state index contributed by atoms with van der Waals surface area (Å²) in [7, 11) is 0. The van der Waals surface area contributed by atoms with Crippen LogP contribution in [0.25, 0.3) is 10.9 Å². The van der Waals surface area contributed by atoms with Crippen molar-refractivity contribution in [2.75, 3.05) is 31.1 Å². The number of aliphatic hydroxyl groups is 1. The van der Waals surface area contributed by atoms with E-state index in [-0.39, 0.29) is 23.9 Å². The Balaban J connectivity index is 1.43. The number of ether oxygens (including phenoxy) is 1. The first kappa shape index (κ1) is 24.6. The van der Waals surface area contributed by atoms with Gasteiger partial charge >= 0.3 is 0 Å². The lowest BCUT2D eigenvalue weighted by atomic mass is 10.1. The standard InChI is InChI=1S/C27H34FN5O3/c1-19-6-12-33(30-19)13-9-26(35)32(18-24-3-2-14-36-24)17-21-15-20-4-5-22(28)16-25(20)29-27(21)31-10-7-23(34)8-11-31/h4-6,12,15-16,23-24,34H,2-3,7-11,13-14,17-18H2,1H3. The van der Waals surface area contributed by atoms with Crippen molar-refractivity contribution in [1.82, 2.24) is 19.7 Å². The number of fused-ring (bicyclic) bond motifs is 1. The molecule has 2 saturated heterocycles. The number of carbonyl (C=O) groups is 1. The zero-order valence-corrected chi connectivity index (χ0v) is 20.8. The lowest BCUT2D eigenvalue weighted by Crippen LogP contribution is -2.39. The molecule has 2 aliphatic rings. The average molecular weight is 496 g/mol. The summed E-state index contributed by atoms with van der Waals surface area (Å²) in [6.45, 7) is 5.43. The number of aliphatic hydroxyl groups excluding tert-OH is 1. The second-order valence-corrected chi connectivity index (χ2v) is 9.91. The van der Waals surface area contributed by atoms with E-state index in [1.165, 1.54) is 12.1 Å². The highest BCUT2D eigenvalue weighted by atomic mass is 19.1. The van der Waals surface area contributed by atoms with Crippen molar-refractivity contribution in [2.24, 2.45) is 0 Å². The van der Waals surface area contributed by atoms with Crippen molar-refractivity contribution in [2.45, 2.75) is 64.3 Å². The van der Waals surface area contributed by atoms with Crippen LogP contribution >= 0.6 is 0 Å². The number of aryl methyl sites for hydroxylation is 2. The third-order valence-corrected chi connectivity index (χ3v) is 7.09. The minimum Gasteiger partial charge on any atom is -0.393 e. The third kappa shape index (κ3) is 5.84. The number of aromatic nitrogens is 3. The maximum absolute atomic E-state index is 14.0. The zero-order chi connectivity index (χ0) is 25.1. The number of carbonyl (C=O) groups excluding carboxylic acids is 1. The van der Waals surface area contributed by atoms with Crippen LogP contribution in [0.5, 0.6) is 0 Å². The molecule has 3 aromatic rings. The highest BCUT2D eigenvalue weighted by molar-refractivity contribution is 5.82. The second kappa shape index (κ2) is 10.9. The Kier molecular flexibility index (Phi) is 7.48. The van der Waals surface area contributed by atoms with Gasteiger partial charge in [0.1, 0.15) is 11.6 Å². The topological polar surface area (TPSA) is 83.7 Å². The van der Waals surface area contributed by atoms with E-state index in [4.69, 9.17) is 9.72 Å². The van der Waals surface area contributed by atoms with Crippen LogP contribution in [0.2, 0.25) is 0 Å². The van der Waals surface area contributed by atoms with Gasteiger partial charge < -0.3 is 19.6 Å². The van der Waals surface area contributed by atoms with E-state index in [2.05, 4.69) is 10.00 Å². The van der Waals surface area contributed by atoms with Crippen LogP contribution < -0.4 is 4.90 Å². The van der Waals surface area contributed by atoms with Crippen molar-refractivity contribution in [1.29, 1.82) is 0 Å². The van der Waals surface area contributed by atoms with Crippen LogP contribution in [0.4, 0.5) is 10.2 Å². The summed E-state index contributed by atoms with van der Waals surface area (Å²) in [5.74, 6) is 0.470. The van der Waals surface area contributed by atoms with Crippen molar-refractivity contribution in [3.63, 3.8) is 0 Å². The van der Waals surface area contributed by atoms with Crippen molar-refractivity contribution in [3.8, 4) is 0 Å². The normalized spacial score (nSPS) is 18.8. The molecule has 1 unspecified atom stereocenters. The number of nitrogens with zero attached hydrogens (tertiary/aromatic N) is 5. The molecule has 9 heteroatoms. The maximum atomic E-state index is 14.0. The van der Waals surface area contributed by atoms with Gasteiger partial charge in [-0.1, -0.05) is 0 Å². The molecule has 1 amide bonds. The molecule has 0 saturated carbocycles. The quantitative estimate of drug-likeness (QED) is 0.516. The van der Waals surface area contributed by atoms with Crippen molar-refractivity contribution >= 4 is 22.6 Å². The molecule has 1 N–H and O–H groups in total. The fraction of sp³-hybridized carbons (Fsp3) is 0.519. The molecule has 1 aromatic carbocycles. The van der Waals surface area contributed by atoms with Crippen molar-refractivity contribution in [3.05, 3.63) is 53.6 Å². The van der Waals surface area contributed by atoms with E-state index < -0.39 is 0 Å². The van der Waals surface area contributed by atoms with Gasteiger partial charge in [0.25, 0.3) is 0 Å². The number of anilines is 1. The number of hydrogen-bond donors (Lipinski definition) is 1. The Labute approximate surface area is 210 Å².